The number of hydrogen-bond acceptors (Lipinski definition) is 5. The summed E-state index contributed by atoms with van der Waals surface area (Å²) in [5.74, 6) is 0.159. The van der Waals surface area contributed by atoms with Crippen molar-refractivity contribution >= 4 is 23.4 Å². The number of rotatable bonds is 5. The van der Waals surface area contributed by atoms with Gasteiger partial charge in [0, 0.05) is 44.8 Å². The van der Waals surface area contributed by atoms with Gasteiger partial charge in [-0.15, -0.1) is 0 Å². The molecule has 0 N–H and O–H groups in total. The van der Waals surface area contributed by atoms with E-state index < -0.39 is 0 Å². The number of imide groups is 1. The molecule has 1 aromatic rings. The van der Waals surface area contributed by atoms with Gasteiger partial charge in [0.25, 0.3) is 0 Å². The molecule has 0 saturated carbocycles. The highest BCUT2D eigenvalue weighted by Gasteiger charge is 2.47. The van der Waals surface area contributed by atoms with Gasteiger partial charge in [0.2, 0.25) is 17.7 Å². The third-order valence-electron chi connectivity index (χ3n) is 6.22. The molecule has 0 spiro atoms. The molecular weight excluding hydrogens is 370 g/mol. The molecule has 29 heavy (non-hydrogen) atoms. The highest BCUT2D eigenvalue weighted by atomic mass is 16.5. The predicted molar refractivity (Wildman–Crippen MR) is 108 cm³/mol. The van der Waals surface area contributed by atoms with Crippen molar-refractivity contribution in [3.8, 4) is 5.75 Å². The van der Waals surface area contributed by atoms with Gasteiger partial charge in [-0.05, 0) is 37.1 Å². The number of hydrogen-bond donors (Lipinski definition) is 0. The molecule has 1 aliphatic carbocycles. The van der Waals surface area contributed by atoms with Gasteiger partial charge in [-0.1, -0.05) is 12.2 Å². The molecule has 0 radical (unpaired) electrons. The molecule has 0 bridgehead atoms. The van der Waals surface area contributed by atoms with Gasteiger partial charge in [-0.3, -0.25) is 19.3 Å². The first-order chi connectivity index (χ1) is 14.1. The fourth-order valence-corrected chi connectivity index (χ4v) is 4.46. The molecule has 2 saturated heterocycles. The van der Waals surface area contributed by atoms with E-state index in [1.807, 2.05) is 41.3 Å². The fourth-order valence-electron chi connectivity index (χ4n) is 4.46. The number of allylic oxidation sites excluding steroid dienone is 2. The molecule has 2 heterocycles. The summed E-state index contributed by atoms with van der Waals surface area (Å²) in [4.78, 5) is 43.1. The Bertz CT molecular complexity index is 786. The van der Waals surface area contributed by atoms with Crippen molar-refractivity contribution in [2.75, 3.05) is 44.7 Å². The van der Waals surface area contributed by atoms with Crippen LogP contribution in [0.15, 0.2) is 36.4 Å². The van der Waals surface area contributed by atoms with Gasteiger partial charge in [-0.25, -0.2) is 0 Å². The van der Waals surface area contributed by atoms with Crippen molar-refractivity contribution in [2.45, 2.75) is 19.3 Å². The molecule has 0 aromatic heterocycles. The molecule has 7 heteroatoms. The van der Waals surface area contributed by atoms with Crippen LogP contribution in [-0.2, 0) is 14.4 Å². The van der Waals surface area contributed by atoms with E-state index in [9.17, 15) is 14.4 Å². The molecule has 154 valence electrons. The van der Waals surface area contributed by atoms with Crippen LogP contribution in [0, 0.1) is 11.8 Å². The Morgan fingerprint density at radius 1 is 0.966 bits per heavy atom. The Labute approximate surface area is 170 Å². The van der Waals surface area contributed by atoms with Gasteiger partial charge < -0.3 is 14.5 Å². The predicted octanol–water partition coefficient (Wildman–Crippen LogP) is 1.69. The zero-order chi connectivity index (χ0) is 20.4. The van der Waals surface area contributed by atoms with Crippen LogP contribution in [0.3, 0.4) is 0 Å². The van der Waals surface area contributed by atoms with Gasteiger partial charge in [0.1, 0.15) is 5.75 Å². The lowest BCUT2D eigenvalue weighted by molar-refractivity contribution is -0.140. The van der Waals surface area contributed by atoms with E-state index in [4.69, 9.17) is 4.74 Å². The van der Waals surface area contributed by atoms with Crippen molar-refractivity contribution in [2.24, 2.45) is 11.8 Å². The van der Waals surface area contributed by atoms with Crippen LogP contribution >= 0.6 is 0 Å². The summed E-state index contributed by atoms with van der Waals surface area (Å²) >= 11 is 0. The number of nitrogens with zero attached hydrogens (tertiary/aromatic N) is 3. The maximum absolute atomic E-state index is 12.6. The lowest BCUT2D eigenvalue weighted by Gasteiger charge is -2.36. The first-order valence-corrected chi connectivity index (χ1v) is 10.3. The lowest BCUT2D eigenvalue weighted by Crippen LogP contribution is -2.49. The van der Waals surface area contributed by atoms with Crippen molar-refractivity contribution in [1.82, 2.24) is 9.80 Å². The van der Waals surface area contributed by atoms with E-state index in [-0.39, 0.29) is 42.5 Å². The van der Waals surface area contributed by atoms with Crippen LogP contribution in [0.1, 0.15) is 19.3 Å². The van der Waals surface area contributed by atoms with Gasteiger partial charge in [-0.2, -0.15) is 0 Å². The standard InChI is InChI=1S/C22H27N3O4/c1-29-17-8-6-16(7-9-17)23-12-14-24(15-13-23)20(26)10-11-25-21(27)18-4-2-3-5-19(18)22(25)28/h2-3,6-9,18-19H,4-5,10-15H2,1H3. The fraction of sp³-hybridized carbons (Fsp3) is 0.500. The number of methoxy groups -OCH3 is 1. The summed E-state index contributed by atoms with van der Waals surface area (Å²) in [6.45, 7) is 3.00. The SMILES string of the molecule is COc1ccc(N2CCN(C(=O)CCN3C(=O)C4CC=CCC4C3=O)CC2)cc1. The number of fused-ring (bicyclic) bond motifs is 1. The van der Waals surface area contributed by atoms with Crippen LogP contribution in [0.25, 0.3) is 0 Å². The number of ether oxygens (including phenoxy) is 1. The summed E-state index contributed by atoms with van der Waals surface area (Å²) in [7, 11) is 1.65. The first kappa shape index (κ1) is 19.5. The maximum Gasteiger partial charge on any atom is 0.233 e. The van der Waals surface area contributed by atoms with E-state index in [1.54, 1.807) is 7.11 Å². The molecule has 1 aromatic carbocycles. The minimum atomic E-state index is -0.226. The first-order valence-electron chi connectivity index (χ1n) is 10.3. The summed E-state index contributed by atoms with van der Waals surface area (Å²) in [5.41, 5.74) is 1.11. The molecule has 2 unspecified atom stereocenters. The molecule has 3 aliphatic rings. The third-order valence-corrected chi connectivity index (χ3v) is 6.22. The highest BCUT2D eigenvalue weighted by molar-refractivity contribution is 6.05. The number of carbonyl (C=O) groups excluding carboxylic acids is 3. The Hall–Kier alpha value is -2.83. The van der Waals surface area contributed by atoms with Crippen LogP contribution in [-0.4, -0.2) is 67.4 Å². The minimum absolute atomic E-state index is 0.00739. The van der Waals surface area contributed by atoms with Gasteiger partial charge in [0.05, 0.1) is 18.9 Å². The smallest absolute Gasteiger partial charge is 0.233 e. The largest absolute Gasteiger partial charge is 0.497 e. The van der Waals surface area contributed by atoms with E-state index in [0.29, 0.717) is 25.9 Å². The van der Waals surface area contributed by atoms with E-state index >= 15 is 0 Å². The second-order valence-corrected chi connectivity index (χ2v) is 7.80. The maximum atomic E-state index is 12.6. The second kappa shape index (κ2) is 8.27. The second-order valence-electron chi connectivity index (χ2n) is 7.80. The van der Waals surface area contributed by atoms with Crippen LogP contribution in [0.4, 0.5) is 5.69 Å². The average Bonchev–Trinajstić information content (AvgIpc) is 3.02. The summed E-state index contributed by atoms with van der Waals surface area (Å²) < 4.78 is 5.19. The third kappa shape index (κ3) is 3.86. The number of anilines is 1. The summed E-state index contributed by atoms with van der Waals surface area (Å²) in [6.07, 6.45) is 5.42. The van der Waals surface area contributed by atoms with E-state index in [1.165, 1.54) is 4.90 Å². The van der Waals surface area contributed by atoms with E-state index in [0.717, 1.165) is 24.5 Å². The molecule has 2 fully saturated rings. The van der Waals surface area contributed by atoms with Crippen molar-refractivity contribution < 1.29 is 19.1 Å². The Morgan fingerprint density at radius 2 is 1.55 bits per heavy atom. The minimum Gasteiger partial charge on any atom is -0.497 e. The lowest BCUT2D eigenvalue weighted by atomic mass is 9.85. The van der Waals surface area contributed by atoms with Crippen molar-refractivity contribution in [3.63, 3.8) is 0 Å². The van der Waals surface area contributed by atoms with Crippen LogP contribution in [0.5, 0.6) is 5.75 Å². The molecule has 2 atom stereocenters. The zero-order valence-electron chi connectivity index (χ0n) is 16.8. The zero-order valence-corrected chi connectivity index (χ0v) is 16.8. The highest BCUT2D eigenvalue weighted by Crippen LogP contribution is 2.35. The Morgan fingerprint density at radius 3 is 2.10 bits per heavy atom. The summed E-state index contributed by atoms with van der Waals surface area (Å²) in [6, 6.07) is 7.92. The van der Waals surface area contributed by atoms with E-state index in [2.05, 4.69) is 4.90 Å². The normalized spacial score (nSPS) is 24.1. The summed E-state index contributed by atoms with van der Waals surface area (Å²) in [5, 5.41) is 0. The molecule has 4 rings (SSSR count). The molecule has 7 nitrogen and oxygen atoms in total. The Kier molecular flexibility index (Phi) is 5.56. The number of piperazine rings is 1. The topological polar surface area (TPSA) is 70.2 Å². The Balaban J connectivity index is 1.27. The molecular formula is C22H27N3O4. The van der Waals surface area contributed by atoms with Crippen LogP contribution < -0.4 is 9.64 Å². The number of amides is 3. The average molecular weight is 397 g/mol. The quantitative estimate of drug-likeness (QED) is 0.559. The molecule has 3 amide bonds. The number of benzene rings is 1. The van der Waals surface area contributed by atoms with Crippen molar-refractivity contribution in [3.05, 3.63) is 36.4 Å². The van der Waals surface area contributed by atoms with Gasteiger partial charge >= 0.3 is 0 Å². The number of carbonyl (C=O) groups is 3. The molecule has 2 aliphatic heterocycles. The van der Waals surface area contributed by atoms with Gasteiger partial charge in [0.15, 0.2) is 0 Å². The van der Waals surface area contributed by atoms with Crippen molar-refractivity contribution in [1.29, 1.82) is 0 Å². The monoisotopic (exact) mass is 397 g/mol. The van der Waals surface area contributed by atoms with Crippen LogP contribution in [0.2, 0.25) is 0 Å². The number of likely N-dealkylation sites (tertiary alicyclic amines) is 1.